The van der Waals surface area contributed by atoms with Gasteiger partial charge in [-0.2, -0.15) is 0 Å². The van der Waals surface area contributed by atoms with Gasteiger partial charge < -0.3 is 34.8 Å². The Morgan fingerprint density at radius 2 is 1.79 bits per heavy atom. The Labute approximate surface area is 306 Å². The zero-order valence-corrected chi connectivity index (χ0v) is 31.8. The van der Waals surface area contributed by atoms with Gasteiger partial charge in [0.05, 0.1) is 11.2 Å². The van der Waals surface area contributed by atoms with Gasteiger partial charge in [-0.3, -0.25) is 9.69 Å². The van der Waals surface area contributed by atoms with Crippen LogP contribution in [0.15, 0.2) is 36.7 Å². The van der Waals surface area contributed by atoms with Gasteiger partial charge in [-0.25, -0.2) is 19.0 Å². The normalized spacial score (nSPS) is 16.2. The van der Waals surface area contributed by atoms with Crippen molar-refractivity contribution in [2.45, 2.75) is 85.4 Å². The fourth-order valence-corrected chi connectivity index (χ4v) is 6.70. The van der Waals surface area contributed by atoms with Crippen LogP contribution in [0.25, 0.3) is 0 Å². The molecule has 4 rings (SSSR count). The zero-order valence-electron chi connectivity index (χ0n) is 31.8. The van der Waals surface area contributed by atoms with E-state index in [0.29, 0.717) is 36.5 Å². The van der Waals surface area contributed by atoms with E-state index in [-0.39, 0.29) is 40.2 Å². The summed E-state index contributed by atoms with van der Waals surface area (Å²) >= 11 is 0. The first-order chi connectivity index (χ1) is 24.5. The number of hydrogen-bond donors (Lipinski definition) is 3. The summed E-state index contributed by atoms with van der Waals surface area (Å²) in [6.07, 6.45) is 5.89. The van der Waals surface area contributed by atoms with Crippen molar-refractivity contribution in [3.63, 3.8) is 0 Å². The van der Waals surface area contributed by atoms with Crippen LogP contribution in [0.2, 0.25) is 0 Å². The van der Waals surface area contributed by atoms with E-state index in [2.05, 4.69) is 58.0 Å². The van der Waals surface area contributed by atoms with E-state index in [1.54, 1.807) is 12.0 Å². The molecule has 1 spiro atoms. The summed E-state index contributed by atoms with van der Waals surface area (Å²) in [7, 11) is 1.76. The van der Waals surface area contributed by atoms with Crippen LogP contribution in [-0.2, 0) is 14.3 Å². The molecule has 15 heteroatoms. The molecule has 0 aliphatic carbocycles. The molecule has 1 aromatic carbocycles. The van der Waals surface area contributed by atoms with Crippen LogP contribution in [0.4, 0.5) is 10.2 Å². The number of amides is 1. The molecule has 1 atom stereocenters. The van der Waals surface area contributed by atoms with Crippen LogP contribution in [0.1, 0.15) is 78.1 Å². The first kappa shape index (κ1) is 42.2. The van der Waals surface area contributed by atoms with E-state index in [1.165, 1.54) is 24.5 Å². The van der Waals surface area contributed by atoms with Gasteiger partial charge in [0.1, 0.15) is 17.9 Å². The molecule has 0 saturated carbocycles. The number of aliphatic carboxylic acids is 2. The third-order valence-electron chi connectivity index (χ3n) is 9.55. The molecule has 2 saturated heterocycles. The van der Waals surface area contributed by atoms with Gasteiger partial charge in [-0.1, -0.05) is 13.8 Å². The van der Waals surface area contributed by atoms with Crippen LogP contribution >= 0.6 is 0 Å². The van der Waals surface area contributed by atoms with Gasteiger partial charge in [0.2, 0.25) is 0 Å². The fourth-order valence-electron chi connectivity index (χ4n) is 6.70. The summed E-state index contributed by atoms with van der Waals surface area (Å²) in [5.74, 6) is -1.67. The number of carboxylic acid groups (broad SMARTS) is 2. The number of carbonyl (C=O) groups is 3. The number of halogens is 1. The summed E-state index contributed by atoms with van der Waals surface area (Å²) in [6.45, 7) is 20.7. The Morgan fingerprint density at radius 3 is 2.37 bits per heavy atom. The van der Waals surface area contributed by atoms with E-state index in [4.69, 9.17) is 19.7 Å². The highest BCUT2D eigenvalue weighted by Crippen LogP contribution is 2.44. The highest BCUT2D eigenvalue weighted by atomic mass is 19.1. The van der Waals surface area contributed by atoms with Crippen molar-refractivity contribution >= 4 is 23.7 Å². The zero-order chi connectivity index (χ0) is 38.6. The monoisotopic (exact) mass is 729 g/mol. The topological polar surface area (TPSA) is 171 Å². The van der Waals surface area contributed by atoms with Crippen LogP contribution in [-0.4, -0.2) is 124 Å². The first-order valence-electron chi connectivity index (χ1n) is 17.9. The number of carboxylic acids is 2. The molecular weight excluding hydrogens is 673 g/mol. The number of likely N-dealkylation sites (tertiary alicyclic amines) is 1. The maximum Gasteiger partial charge on any atom is 0.328 e. The highest BCUT2D eigenvalue weighted by Gasteiger charge is 2.50. The number of ether oxygens (including phenoxy) is 2. The number of aromatic nitrogens is 3. The number of anilines is 1. The lowest BCUT2D eigenvalue weighted by Gasteiger charge is -2.53. The standard InChI is InChI=1S/C33H52FN7O3.C4H4O4/c1-9-41(24(4)5)31(42)26-17-25(34)12-13-28(26)44-30-29(36-22-37-38-30)39-16-14-33(19-39)20-40(21-33)27(23(2)3)11-10-15-35-18-32(6,7)43-8;5-3(6)1-2-4(7)8/h12-13,17,22-24,27,35H,9-11,14-16,18-21H2,1-8H3;1-2H,(H,5,6)(H,7,8)/b;2-1+/t27-;/m1./s1. The average Bonchev–Trinajstić information content (AvgIpc) is 3.52. The molecule has 3 N–H and O–H groups in total. The van der Waals surface area contributed by atoms with Crippen molar-refractivity contribution in [1.82, 2.24) is 30.3 Å². The van der Waals surface area contributed by atoms with E-state index >= 15 is 0 Å². The Balaban J connectivity index is 0.000000815. The second kappa shape index (κ2) is 19.0. The van der Waals surface area contributed by atoms with Gasteiger partial charge in [0.25, 0.3) is 11.8 Å². The number of nitrogens with one attached hydrogen (secondary N) is 1. The SMILES string of the molecule is CCN(C(=O)c1cc(F)ccc1Oc1nncnc1N1CCC2(C1)CN([C@H](CCCNCC(C)(C)OC)C(C)C)C2)C(C)C.O=C(O)/C=C/C(=O)O. The number of benzene rings is 1. The molecule has 14 nitrogen and oxygen atoms in total. The fraction of sp³-hybridized carbons (Fsp3) is 0.622. The molecule has 0 unspecified atom stereocenters. The lowest BCUT2D eigenvalue weighted by atomic mass is 9.76. The molecule has 2 aliphatic heterocycles. The van der Waals surface area contributed by atoms with E-state index < -0.39 is 17.8 Å². The Morgan fingerprint density at radius 1 is 1.12 bits per heavy atom. The second-order valence-electron chi connectivity index (χ2n) is 14.7. The lowest BCUT2D eigenvalue weighted by Crippen LogP contribution is -2.62. The van der Waals surface area contributed by atoms with Crippen LogP contribution < -0.4 is 15.0 Å². The Bertz CT molecular complexity index is 1520. The molecule has 0 radical (unpaired) electrons. The summed E-state index contributed by atoms with van der Waals surface area (Å²) in [5, 5.41) is 27.4. The lowest BCUT2D eigenvalue weighted by molar-refractivity contribution is -0.134. The third kappa shape index (κ3) is 11.9. The average molecular weight is 730 g/mol. The second-order valence-corrected chi connectivity index (χ2v) is 14.7. The molecule has 2 fully saturated rings. The van der Waals surface area contributed by atoms with Crippen molar-refractivity contribution in [3.8, 4) is 11.6 Å². The van der Waals surface area contributed by atoms with Crippen LogP contribution in [0.5, 0.6) is 11.6 Å². The first-order valence-corrected chi connectivity index (χ1v) is 17.9. The van der Waals surface area contributed by atoms with Gasteiger partial charge in [0, 0.05) is 76.0 Å². The predicted molar refractivity (Wildman–Crippen MR) is 195 cm³/mol. The number of hydrogen-bond acceptors (Lipinski definition) is 11. The molecular formula is C37H56FN7O7. The molecule has 52 heavy (non-hydrogen) atoms. The molecule has 1 amide bonds. The molecule has 3 heterocycles. The predicted octanol–water partition coefficient (Wildman–Crippen LogP) is 4.72. The molecule has 0 bridgehead atoms. The Kier molecular flexibility index (Phi) is 15.4. The summed E-state index contributed by atoms with van der Waals surface area (Å²) in [6, 6.07) is 4.50. The molecule has 288 valence electrons. The van der Waals surface area contributed by atoms with Gasteiger partial charge in [0.15, 0.2) is 5.82 Å². The quantitative estimate of drug-likeness (QED) is 0.151. The van der Waals surface area contributed by atoms with Crippen molar-refractivity contribution in [2.24, 2.45) is 11.3 Å². The van der Waals surface area contributed by atoms with Crippen molar-refractivity contribution in [1.29, 1.82) is 0 Å². The van der Waals surface area contributed by atoms with Gasteiger partial charge in [-0.05, 0) is 84.5 Å². The minimum Gasteiger partial charge on any atom is -0.478 e. The minimum absolute atomic E-state index is 0.0412. The van der Waals surface area contributed by atoms with E-state index in [9.17, 15) is 18.8 Å². The van der Waals surface area contributed by atoms with Crippen molar-refractivity contribution < 1.29 is 38.5 Å². The maximum absolute atomic E-state index is 14.3. The number of nitrogens with zero attached hydrogens (tertiary/aromatic N) is 6. The van der Waals surface area contributed by atoms with Gasteiger partial charge in [-0.15, -0.1) is 10.2 Å². The molecule has 2 aromatic rings. The van der Waals surface area contributed by atoms with Crippen LogP contribution in [0.3, 0.4) is 0 Å². The van der Waals surface area contributed by atoms with E-state index in [1.807, 2.05) is 20.8 Å². The minimum atomic E-state index is -1.26. The third-order valence-corrected chi connectivity index (χ3v) is 9.55. The number of methoxy groups -OCH3 is 1. The summed E-state index contributed by atoms with van der Waals surface area (Å²) in [5.41, 5.74) is 0.205. The number of rotatable bonds is 17. The Hall–Kier alpha value is -4.21. The summed E-state index contributed by atoms with van der Waals surface area (Å²) in [4.78, 5) is 43.5. The van der Waals surface area contributed by atoms with E-state index in [0.717, 1.165) is 58.5 Å². The largest absolute Gasteiger partial charge is 0.478 e. The van der Waals surface area contributed by atoms with Crippen molar-refractivity contribution in [3.05, 3.63) is 48.1 Å². The molecule has 2 aliphatic rings. The van der Waals surface area contributed by atoms with Crippen LogP contribution in [0, 0.1) is 17.2 Å². The molecule has 1 aromatic heterocycles. The smallest absolute Gasteiger partial charge is 0.328 e. The summed E-state index contributed by atoms with van der Waals surface area (Å²) < 4.78 is 26.0. The highest BCUT2D eigenvalue weighted by molar-refractivity contribution is 5.97. The maximum atomic E-state index is 14.3. The number of carbonyl (C=O) groups excluding carboxylic acids is 1. The van der Waals surface area contributed by atoms with Crippen molar-refractivity contribution in [2.75, 3.05) is 57.8 Å². The van der Waals surface area contributed by atoms with Gasteiger partial charge >= 0.3 is 11.9 Å².